The van der Waals surface area contributed by atoms with Crippen molar-refractivity contribution in [1.82, 2.24) is 10.2 Å². The molecule has 22 heavy (non-hydrogen) atoms. The lowest BCUT2D eigenvalue weighted by atomic mass is 9.95. The van der Waals surface area contributed by atoms with Gasteiger partial charge in [-0.05, 0) is 17.7 Å². The summed E-state index contributed by atoms with van der Waals surface area (Å²) in [4.78, 5) is 14.4. The van der Waals surface area contributed by atoms with Crippen LogP contribution in [0.2, 0.25) is 0 Å². The molecule has 122 valence electrons. The minimum atomic E-state index is -0.433. The minimum Gasteiger partial charge on any atom is -0.379 e. The SMILES string of the molecule is CC(C)(C)C(=O)NC[C@@H](c1cccc(F)c1)N1CCOCC1. The van der Waals surface area contributed by atoms with E-state index < -0.39 is 5.41 Å². The lowest BCUT2D eigenvalue weighted by Gasteiger charge is -2.35. The Labute approximate surface area is 131 Å². The average Bonchev–Trinajstić information content (AvgIpc) is 2.47. The van der Waals surface area contributed by atoms with E-state index in [0.717, 1.165) is 18.7 Å². The van der Waals surface area contributed by atoms with Gasteiger partial charge in [0.05, 0.1) is 19.3 Å². The predicted octanol–water partition coefficient (Wildman–Crippen LogP) is 2.36. The molecule has 1 amide bonds. The summed E-state index contributed by atoms with van der Waals surface area (Å²) >= 11 is 0. The molecular weight excluding hydrogens is 283 g/mol. The number of hydrogen-bond acceptors (Lipinski definition) is 3. The number of rotatable bonds is 4. The Kier molecular flexibility index (Phi) is 5.53. The second kappa shape index (κ2) is 7.20. The van der Waals surface area contributed by atoms with E-state index in [4.69, 9.17) is 4.74 Å². The summed E-state index contributed by atoms with van der Waals surface area (Å²) in [5, 5.41) is 2.99. The van der Waals surface area contributed by atoms with Gasteiger partial charge in [-0.1, -0.05) is 32.9 Å². The van der Waals surface area contributed by atoms with Gasteiger partial charge in [-0.2, -0.15) is 0 Å². The highest BCUT2D eigenvalue weighted by Crippen LogP contribution is 2.23. The van der Waals surface area contributed by atoms with Crippen molar-refractivity contribution in [3.63, 3.8) is 0 Å². The normalized spacial score (nSPS) is 18.0. The van der Waals surface area contributed by atoms with Gasteiger partial charge in [0.15, 0.2) is 0 Å². The number of morpholine rings is 1. The fourth-order valence-corrected chi connectivity index (χ4v) is 2.52. The van der Waals surface area contributed by atoms with Crippen molar-refractivity contribution < 1.29 is 13.9 Å². The van der Waals surface area contributed by atoms with Crippen molar-refractivity contribution in [3.05, 3.63) is 35.6 Å². The summed E-state index contributed by atoms with van der Waals surface area (Å²) < 4.78 is 18.9. The minimum absolute atomic E-state index is 0.00200. The molecular formula is C17H25FN2O2. The zero-order valence-electron chi connectivity index (χ0n) is 13.6. The van der Waals surface area contributed by atoms with E-state index in [2.05, 4.69) is 10.2 Å². The molecule has 0 spiro atoms. The monoisotopic (exact) mass is 308 g/mol. The lowest BCUT2D eigenvalue weighted by Crippen LogP contribution is -2.45. The second-order valence-corrected chi connectivity index (χ2v) is 6.68. The van der Waals surface area contributed by atoms with Crippen LogP contribution in [0.3, 0.4) is 0 Å². The molecule has 1 aromatic rings. The molecule has 0 unspecified atom stereocenters. The smallest absolute Gasteiger partial charge is 0.225 e. The van der Waals surface area contributed by atoms with Crippen molar-refractivity contribution >= 4 is 5.91 Å². The van der Waals surface area contributed by atoms with E-state index in [0.29, 0.717) is 19.8 Å². The lowest BCUT2D eigenvalue weighted by molar-refractivity contribution is -0.128. The van der Waals surface area contributed by atoms with Crippen LogP contribution in [0, 0.1) is 11.2 Å². The molecule has 1 fully saturated rings. The summed E-state index contributed by atoms with van der Waals surface area (Å²) in [5.41, 5.74) is 0.452. The fraction of sp³-hybridized carbons (Fsp3) is 0.588. The average molecular weight is 308 g/mol. The van der Waals surface area contributed by atoms with Crippen LogP contribution >= 0.6 is 0 Å². The Morgan fingerprint density at radius 2 is 2.05 bits per heavy atom. The summed E-state index contributed by atoms with van der Waals surface area (Å²) in [6.07, 6.45) is 0. The fourth-order valence-electron chi connectivity index (χ4n) is 2.52. The maximum atomic E-state index is 13.6. The molecule has 0 aromatic heterocycles. The Bertz CT molecular complexity index is 508. The van der Waals surface area contributed by atoms with Crippen molar-refractivity contribution in [2.45, 2.75) is 26.8 Å². The first-order valence-corrected chi connectivity index (χ1v) is 7.73. The molecule has 1 aliphatic heterocycles. The standard InChI is InChI=1S/C17H25FN2O2/c1-17(2,3)16(21)19-12-15(20-7-9-22-10-8-20)13-5-4-6-14(18)11-13/h4-6,11,15H,7-10,12H2,1-3H3,(H,19,21)/t15-/m0/s1. The second-order valence-electron chi connectivity index (χ2n) is 6.68. The van der Waals surface area contributed by atoms with E-state index in [9.17, 15) is 9.18 Å². The first-order valence-electron chi connectivity index (χ1n) is 7.73. The highest BCUT2D eigenvalue weighted by molar-refractivity contribution is 5.81. The van der Waals surface area contributed by atoms with Crippen LogP contribution < -0.4 is 5.32 Å². The number of benzene rings is 1. The largest absolute Gasteiger partial charge is 0.379 e. The summed E-state index contributed by atoms with van der Waals surface area (Å²) in [7, 11) is 0. The van der Waals surface area contributed by atoms with Crippen molar-refractivity contribution in [3.8, 4) is 0 Å². The van der Waals surface area contributed by atoms with E-state index in [1.807, 2.05) is 26.8 Å². The topological polar surface area (TPSA) is 41.6 Å². The van der Waals surface area contributed by atoms with Crippen LogP contribution in [0.15, 0.2) is 24.3 Å². The van der Waals surface area contributed by atoms with Crippen LogP contribution in [-0.4, -0.2) is 43.7 Å². The molecule has 0 saturated carbocycles. The number of nitrogens with zero attached hydrogens (tertiary/aromatic N) is 1. The number of carbonyl (C=O) groups is 1. The van der Waals surface area contributed by atoms with Crippen molar-refractivity contribution in [2.75, 3.05) is 32.8 Å². The molecule has 4 nitrogen and oxygen atoms in total. The first kappa shape index (κ1) is 16.9. The van der Waals surface area contributed by atoms with E-state index in [-0.39, 0.29) is 17.8 Å². The van der Waals surface area contributed by atoms with E-state index in [1.165, 1.54) is 6.07 Å². The van der Waals surface area contributed by atoms with Crippen molar-refractivity contribution in [2.24, 2.45) is 5.41 Å². The molecule has 1 aliphatic rings. The molecule has 1 aromatic carbocycles. The molecule has 0 aliphatic carbocycles. The number of hydrogen-bond donors (Lipinski definition) is 1. The molecule has 1 heterocycles. The van der Waals surface area contributed by atoms with Crippen molar-refractivity contribution in [1.29, 1.82) is 0 Å². The van der Waals surface area contributed by atoms with Crippen LogP contribution in [0.25, 0.3) is 0 Å². The first-order chi connectivity index (χ1) is 10.4. The van der Waals surface area contributed by atoms with Gasteiger partial charge in [0.25, 0.3) is 0 Å². The molecule has 2 rings (SSSR count). The zero-order valence-corrected chi connectivity index (χ0v) is 13.6. The Hall–Kier alpha value is -1.46. The van der Waals surface area contributed by atoms with Gasteiger partial charge < -0.3 is 10.1 Å². The molecule has 5 heteroatoms. The van der Waals surface area contributed by atoms with Gasteiger partial charge in [-0.15, -0.1) is 0 Å². The third-order valence-electron chi connectivity index (χ3n) is 3.86. The van der Waals surface area contributed by atoms with Crippen LogP contribution in [0.5, 0.6) is 0 Å². The van der Waals surface area contributed by atoms with Crippen LogP contribution in [0.4, 0.5) is 4.39 Å². The summed E-state index contributed by atoms with van der Waals surface area (Å²) in [6, 6.07) is 6.57. The van der Waals surface area contributed by atoms with Crippen LogP contribution in [-0.2, 0) is 9.53 Å². The van der Waals surface area contributed by atoms with E-state index in [1.54, 1.807) is 12.1 Å². The molecule has 0 bridgehead atoms. The number of nitrogens with one attached hydrogen (secondary N) is 1. The highest BCUT2D eigenvalue weighted by Gasteiger charge is 2.26. The number of ether oxygens (including phenoxy) is 1. The molecule has 1 N–H and O–H groups in total. The molecule has 1 saturated heterocycles. The van der Waals surface area contributed by atoms with Gasteiger partial charge in [0.1, 0.15) is 5.82 Å². The third kappa shape index (κ3) is 4.52. The van der Waals surface area contributed by atoms with Crippen LogP contribution in [0.1, 0.15) is 32.4 Å². The quantitative estimate of drug-likeness (QED) is 0.928. The number of halogens is 1. The third-order valence-corrected chi connectivity index (χ3v) is 3.86. The highest BCUT2D eigenvalue weighted by atomic mass is 19.1. The maximum absolute atomic E-state index is 13.6. The van der Waals surface area contributed by atoms with Gasteiger partial charge in [-0.3, -0.25) is 9.69 Å². The maximum Gasteiger partial charge on any atom is 0.225 e. The van der Waals surface area contributed by atoms with Gasteiger partial charge in [0, 0.05) is 25.0 Å². The van der Waals surface area contributed by atoms with Gasteiger partial charge >= 0.3 is 0 Å². The molecule has 1 atom stereocenters. The Morgan fingerprint density at radius 1 is 1.36 bits per heavy atom. The van der Waals surface area contributed by atoms with Gasteiger partial charge in [-0.25, -0.2) is 4.39 Å². The summed E-state index contributed by atoms with van der Waals surface area (Å²) in [5.74, 6) is -0.250. The predicted molar refractivity (Wildman–Crippen MR) is 84.0 cm³/mol. The Morgan fingerprint density at radius 3 is 2.64 bits per heavy atom. The number of amides is 1. The van der Waals surface area contributed by atoms with E-state index >= 15 is 0 Å². The Balaban J connectivity index is 2.13. The van der Waals surface area contributed by atoms with Gasteiger partial charge in [0.2, 0.25) is 5.91 Å². The summed E-state index contributed by atoms with van der Waals surface area (Å²) in [6.45, 7) is 9.02. The number of carbonyl (C=O) groups excluding carboxylic acids is 1. The molecule has 0 radical (unpaired) electrons. The zero-order chi connectivity index (χ0) is 16.2.